The standard InChI is InChI=1S/C19H19N3O4/c1-11-3-2-4-14-13(11)5-7-22(17(14)19(24)25)18(23)16-9-12-10-26-8-6-15(12)20-21-16/h2-4,9,17H,5-8,10H2,1H3,(H,24,25). The van der Waals surface area contributed by atoms with Crippen molar-refractivity contribution < 1.29 is 19.4 Å². The van der Waals surface area contributed by atoms with E-state index < -0.39 is 17.9 Å². The van der Waals surface area contributed by atoms with Gasteiger partial charge < -0.3 is 14.7 Å². The maximum atomic E-state index is 13.0. The van der Waals surface area contributed by atoms with Gasteiger partial charge in [0.15, 0.2) is 11.7 Å². The molecule has 0 spiro atoms. The van der Waals surface area contributed by atoms with E-state index in [1.807, 2.05) is 19.1 Å². The van der Waals surface area contributed by atoms with Crippen LogP contribution in [0.4, 0.5) is 0 Å². The number of carboxylic acid groups (broad SMARTS) is 1. The van der Waals surface area contributed by atoms with E-state index in [9.17, 15) is 14.7 Å². The highest BCUT2D eigenvalue weighted by Gasteiger charge is 2.37. The maximum Gasteiger partial charge on any atom is 0.331 e. The van der Waals surface area contributed by atoms with Crippen LogP contribution in [0.5, 0.6) is 0 Å². The molecule has 1 amide bonds. The number of nitrogens with zero attached hydrogens (tertiary/aromatic N) is 3. The third-order valence-electron chi connectivity index (χ3n) is 5.07. The van der Waals surface area contributed by atoms with E-state index in [2.05, 4.69) is 10.2 Å². The van der Waals surface area contributed by atoms with Crippen molar-refractivity contribution in [2.75, 3.05) is 13.2 Å². The average molecular weight is 353 g/mol. The number of hydrogen-bond acceptors (Lipinski definition) is 5. The number of amides is 1. The minimum Gasteiger partial charge on any atom is -0.479 e. The van der Waals surface area contributed by atoms with Crippen molar-refractivity contribution >= 4 is 11.9 Å². The first-order chi connectivity index (χ1) is 12.6. The lowest BCUT2D eigenvalue weighted by atomic mass is 9.89. The van der Waals surface area contributed by atoms with Crippen LogP contribution in [0.2, 0.25) is 0 Å². The van der Waals surface area contributed by atoms with Gasteiger partial charge in [-0.05, 0) is 36.1 Å². The molecule has 0 fully saturated rings. The van der Waals surface area contributed by atoms with Gasteiger partial charge in [-0.25, -0.2) is 4.79 Å². The number of carbonyl (C=O) groups is 2. The zero-order valence-corrected chi connectivity index (χ0v) is 14.4. The lowest BCUT2D eigenvalue weighted by Crippen LogP contribution is -2.44. The van der Waals surface area contributed by atoms with Crippen LogP contribution in [-0.4, -0.2) is 45.2 Å². The number of carbonyl (C=O) groups excluding carboxylic acids is 1. The van der Waals surface area contributed by atoms with E-state index in [0.717, 1.165) is 22.4 Å². The van der Waals surface area contributed by atoms with E-state index in [0.29, 0.717) is 38.2 Å². The predicted octanol–water partition coefficient (Wildman–Crippen LogP) is 1.68. The molecule has 0 radical (unpaired) electrons. The first kappa shape index (κ1) is 16.7. The van der Waals surface area contributed by atoms with Gasteiger partial charge in [0, 0.05) is 18.5 Å². The Hall–Kier alpha value is -2.80. The molecule has 7 nitrogen and oxygen atoms in total. The summed E-state index contributed by atoms with van der Waals surface area (Å²) in [7, 11) is 0. The highest BCUT2D eigenvalue weighted by Crippen LogP contribution is 2.33. The van der Waals surface area contributed by atoms with Crippen LogP contribution in [-0.2, 0) is 29.0 Å². The van der Waals surface area contributed by atoms with Gasteiger partial charge in [-0.1, -0.05) is 18.2 Å². The number of rotatable bonds is 2. The number of hydrogen-bond donors (Lipinski definition) is 1. The van der Waals surface area contributed by atoms with Gasteiger partial charge in [0.2, 0.25) is 0 Å². The minimum absolute atomic E-state index is 0.164. The summed E-state index contributed by atoms with van der Waals surface area (Å²) in [4.78, 5) is 26.4. The molecule has 4 rings (SSSR count). The SMILES string of the molecule is Cc1cccc2c1CCN(C(=O)c1cc3c(nn1)CCOC3)C2C(=O)O. The molecule has 0 aliphatic carbocycles. The fourth-order valence-corrected chi connectivity index (χ4v) is 3.73. The number of aromatic nitrogens is 2. The number of ether oxygens (including phenoxy) is 1. The Labute approximate surface area is 150 Å². The molecule has 2 aliphatic rings. The minimum atomic E-state index is -1.04. The van der Waals surface area contributed by atoms with Crippen LogP contribution in [0.15, 0.2) is 24.3 Å². The molecule has 1 unspecified atom stereocenters. The highest BCUT2D eigenvalue weighted by molar-refractivity contribution is 5.95. The van der Waals surface area contributed by atoms with Crippen LogP contribution in [0, 0.1) is 6.92 Å². The first-order valence-corrected chi connectivity index (χ1v) is 8.61. The molecule has 1 N–H and O–H groups in total. The molecule has 1 aromatic heterocycles. The smallest absolute Gasteiger partial charge is 0.331 e. The third-order valence-corrected chi connectivity index (χ3v) is 5.07. The largest absolute Gasteiger partial charge is 0.479 e. The van der Waals surface area contributed by atoms with Crippen LogP contribution >= 0.6 is 0 Å². The zero-order chi connectivity index (χ0) is 18.3. The van der Waals surface area contributed by atoms with Gasteiger partial charge in [0.1, 0.15) is 0 Å². The van der Waals surface area contributed by atoms with Gasteiger partial charge in [0.25, 0.3) is 5.91 Å². The summed E-state index contributed by atoms with van der Waals surface area (Å²) >= 11 is 0. The molecular formula is C19H19N3O4. The Morgan fingerprint density at radius 1 is 1.27 bits per heavy atom. The summed E-state index contributed by atoms with van der Waals surface area (Å²) in [5.41, 5.74) is 4.57. The van der Waals surface area contributed by atoms with E-state index >= 15 is 0 Å². The first-order valence-electron chi connectivity index (χ1n) is 8.61. The molecule has 134 valence electrons. The van der Waals surface area contributed by atoms with Crippen LogP contribution < -0.4 is 0 Å². The van der Waals surface area contributed by atoms with Crippen molar-refractivity contribution in [2.24, 2.45) is 0 Å². The topological polar surface area (TPSA) is 92.6 Å². The second-order valence-corrected chi connectivity index (χ2v) is 6.64. The third kappa shape index (κ3) is 2.74. The fourth-order valence-electron chi connectivity index (χ4n) is 3.73. The van der Waals surface area contributed by atoms with Crippen molar-refractivity contribution in [1.29, 1.82) is 0 Å². The molecule has 0 bridgehead atoms. The van der Waals surface area contributed by atoms with E-state index in [4.69, 9.17) is 4.74 Å². The van der Waals surface area contributed by atoms with Gasteiger partial charge in [-0.3, -0.25) is 4.79 Å². The molecule has 3 heterocycles. The van der Waals surface area contributed by atoms with Crippen molar-refractivity contribution in [1.82, 2.24) is 15.1 Å². The average Bonchev–Trinajstić information content (AvgIpc) is 2.66. The molecule has 7 heteroatoms. The lowest BCUT2D eigenvalue weighted by molar-refractivity contribution is -0.143. The summed E-state index contributed by atoms with van der Waals surface area (Å²) in [5.74, 6) is -1.45. The van der Waals surface area contributed by atoms with Gasteiger partial charge >= 0.3 is 5.97 Å². The Bertz CT molecular complexity index is 896. The zero-order valence-electron chi connectivity index (χ0n) is 14.4. The molecular weight excluding hydrogens is 334 g/mol. The Kier molecular flexibility index (Phi) is 4.16. The Morgan fingerprint density at radius 2 is 2.12 bits per heavy atom. The lowest BCUT2D eigenvalue weighted by Gasteiger charge is -2.35. The van der Waals surface area contributed by atoms with Crippen LogP contribution in [0.3, 0.4) is 0 Å². The molecule has 0 saturated heterocycles. The predicted molar refractivity (Wildman–Crippen MR) is 91.7 cm³/mol. The van der Waals surface area contributed by atoms with Crippen molar-refractivity contribution in [2.45, 2.75) is 32.4 Å². The number of aryl methyl sites for hydroxylation is 1. The fraction of sp³-hybridized carbons (Fsp3) is 0.368. The normalized spacial score (nSPS) is 18.8. The Balaban J connectivity index is 1.70. The quantitative estimate of drug-likeness (QED) is 0.883. The number of fused-ring (bicyclic) bond motifs is 2. The van der Waals surface area contributed by atoms with E-state index in [1.54, 1.807) is 12.1 Å². The van der Waals surface area contributed by atoms with E-state index in [1.165, 1.54) is 4.90 Å². The maximum absolute atomic E-state index is 13.0. The second-order valence-electron chi connectivity index (χ2n) is 6.64. The molecule has 2 aliphatic heterocycles. The molecule has 2 aromatic rings. The molecule has 1 aromatic carbocycles. The van der Waals surface area contributed by atoms with Crippen molar-refractivity contribution in [3.05, 3.63) is 57.9 Å². The highest BCUT2D eigenvalue weighted by atomic mass is 16.5. The second kappa shape index (κ2) is 6.49. The van der Waals surface area contributed by atoms with Crippen molar-refractivity contribution in [3.8, 4) is 0 Å². The van der Waals surface area contributed by atoms with Gasteiger partial charge in [-0.2, -0.15) is 5.10 Å². The van der Waals surface area contributed by atoms with Crippen LogP contribution in [0.1, 0.15) is 44.5 Å². The van der Waals surface area contributed by atoms with Crippen LogP contribution in [0.25, 0.3) is 0 Å². The van der Waals surface area contributed by atoms with Gasteiger partial charge in [-0.15, -0.1) is 5.10 Å². The van der Waals surface area contributed by atoms with E-state index in [-0.39, 0.29) is 5.69 Å². The number of aliphatic carboxylic acids is 1. The van der Waals surface area contributed by atoms with Crippen molar-refractivity contribution in [3.63, 3.8) is 0 Å². The molecule has 26 heavy (non-hydrogen) atoms. The number of carboxylic acids is 1. The summed E-state index contributed by atoms with van der Waals surface area (Å²) in [6.45, 7) is 3.29. The summed E-state index contributed by atoms with van der Waals surface area (Å²) in [6.07, 6.45) is 1.30. The summed E-state index contributed by atoms with van der Waals surface area (Å²) < 4.78 is 5.41. The molecule has 0 saturated carbocycles. The Morgan fingerprint density at radius 3 is 2.92 bits per heavy atom. The summed E-state index contributed by atoms with van der Waals surface area (Å²) in [5, 5.41) is 18.0. The number of benzene rings is 1. The monoisotopic (exact) mass is 353 g/mol. The summed E-state index contributed by atoms with van der Waals surface area (Å²) in [6, 6.07) is 6.24. The van der Waals surface area contributed by atoms with Gasteiger partial charge in [0.05, 0.1) is 18.9 Å². The molecule has 1 atom stereocenters.